The van der Waals surface area contributed by atoms with Crippen molar-refractivity contribution in [1.29, 1.82) is 0 Å². The molecule has 0 radical (unpaired) electrons. The van der Waals surface area contributed by atoms with Gasteiger partial charge in [-0.05, 0) is 17.7 Å². The lowest BCUT2D eigenvalue weighted by Gasteiger charge is -2.12. The Balaban J connectivity index is 2.15. The first-order valence-electron chi connectivity index (χ1n) is 6.28. The molecular formula is C14H18N4O3. The second-order valence-corrected chi connectivity index (χ2v) is 4.18. The molecule has 0 aliphatic rings. The summed E-state index contributed by atoms with van der Waals surface area (Å²) in [6, 6.07) is 5.68. The molecule has 1 heterocycles. The van der Waals surface area contributed by atoms with Gasteiger partial charge in [-0.25, -0.2) is 9.97 Å². The van der Waals surface area contributed by atoms with Gasteiger partial charge in [0.2, 0.25) is 5.75 Å². The minimum absolute atomic E-state index is 0.294. The smallest absolute Gasteiger partial charge is 0.203 e. The molecule has 0 fully saturated rings. The molecular weight excluding hydrogens is 272 g/mol. The lowest BCUT2D eigenvalue weighted by atomic mass is 10.2. The molecule has 0 aliphatic carbocycles. The molecule has 0 saturated carbocycles. The predicted octanol–water partition coefficient (Wildman–Crippen LogP) is 1.70. The fourth-order valence-electron chi connectivity index (χ4n) is 1.89. The average Bonchev–Trinajstić information content (AvgIpc) is 2.52. The van der Waals surface area contributed by atoms with E-state index in [0.29, 0.717) is 35.4 Å². The summed E-state index contributed by atoms with van der Waals surface area (Å²) in [6.45, 7) is 0.535. The van der Waals surface area contributed by atoms with Crippen molar-refractivity contribution in [2.45, 2.75) is 6.54 Å². The van der Waals surface area contributed by atoms with Gasteiger partial charge in [0.05, 0.1) is 21.3 Å². The topological polar surface area (TPSA) is 91.5 Å². The molecule has 2 aromatic rings. The summed E-state index contributed by atoms with van der Waals surface area (Å²) in [6.07, 6.45) is 1.38. The number of anilines is 2. The maximum Gasteiger partial charge on any atom is 0.203 e. The summed E-state index contributed by atoms with van der Waals surface area (Å²) in [5, 5.41) is 3.16. The predicted molar refractivity (Wildman–Crippen MR) is 79.9 cm³/mol. The first kappa shape index (κ1) is 14.7. The monoisotopic (exact) mass is 290 g/mol. The van der Waals surface area contributed by atoms with Gasteiger partial charge in [0.25, 0.3) is 0 Å². The number of hydrogen-bond donors (Lipinski definition) is 2. The second kappa shape index (κ2) is 6.65. The van der Waals surface area contributed by atoms with Crippen molar-refractivity contribution in [1.82, 2.24) is 9.97 Å². The molecule has 2 rings (SSSR count). The van der Waals surface area contributed by atoms with Crippen LogP contribution in [0, 0.1) is 0 Å². The Bertz CT molecular complexity index is 619. The molecule has 112 valence electrons. The maximum absolute atomic E-state index is 5.73. The number of benzene rings is 1. The third-order valence-electron chi connectivity index (χ3n) is 2.94. The fraction of sp³-hybridized carbons (Fsp3) is 0.286. The van der Waals surface area contributed by atoms with Crippen LogP contribution in [0.5, 0.6) is 17.2 Å². The van der Waals surface area contributed by atoms with Crippen molar-refractivity contribution >= 4 is 11.6 Å². The molecule has 1 aromatic heterocycles. The zero-order valence-electron chi connectivity index (χ0n) is 12.2. The van der Waals surface area contributed by atoms with E-state index in [9.17, 15) is 0 Å². The van der Waals surface area contributed by atoms with Crippen LogP contribution in [0.1, 0.15) is 5.56 Å². The van der Waals surface area contributed by atoms with Gasteiger partial charge in [-0.2, -0.15) is 0 Å². The number of hydrogen-bond acceptors (Lipinski definition) is 7. The third kappa shape index (κ3) is 3.25. The van der Waals surface area contributed by atoms with E-state index >= 15 is 0 Å². The van der Waals surface area contributed by atoms with Gasteiger partial charge in [-0.15, -0.1) is 0 Å². The average molecular weight is 290 g/mol. The molecule has 0 spiro atoms. The van der Waals surface area contributed by atoms with Crippen LogP contribution in [-0.4, -0.2) is 31.3 Å². The van der Waals surface area contributed by atoms with Gasteiger partial charge >= 0.3 is 0 Å². The molecule has 7 heteroatoms. The highest BCUT2D eigenvalue weighted by Crippen LogP contribution is 2.29. The summed E-state index contributed by atoms with van der Waals surface area (Å²) in [5.74, 6) is 2.62. The number of methoxy groups -OCH3 is 3. The van der Waals surface area contributed by atoms with Crippen LogP contribution in [0.25, 0.3) is 0 Å². The Morgan fingerprint density at radius 2 is 1.81 bits per heavy atom. The van der Waals surface area contributed by atoms with Crippen LogP contribution in [0.15, 0.2) is 24.5 Å². The Kier molecular flexibility index (Phi) is 4.65. The zero-order valence-corrected chi connectivity index (χ0v) is 12.2. The van der Waals surface area contributed by atoms with Crippen LogP contribution < -0.4 is 25.3 Å². The van der Waals surface area contributed by atoms with E-state index < -0.39 is 0 Å². The molecule has 0 atom stereocenters. The van der Waals surface area contributed by atoms with Crippen molar-refractivity contribution in [2.24, 2.45) is 0 Å². The lowest BCUT2D eigenvalue weighted by molar-refractivity contribution is 0.354. The highest BCUT2D eigenvalue weighted by Gasteiger charge is 2.10. The molecule has 3 N–H and O–H groups in total. The second-order valence-electron chi connectivity index (χ2n) is 4.18. The number of ether oxygens (including phenoxy) is 3. The van der Waals surface area contributed by atoms with Crippen LogP contribution >= 0.6 is 0 Å². The Morgan fingerprint density at radius 3 is 2.48 bits per heavy atom. The van der Waals surface area contributed by atoms with E-state index in [0.717, 1.165) is 5.56 Å². The minimum atomic E-state index is 0.294. The summed E-state index contributed by atoms with van der Waals surface area (Å²) in [5.41, 5.74) is 6.74. The Hall–Kier alpha value is -2.70. The van der Waals surface area contributed by atoms with E-state index in [1.165, 1.54) is 13.4 Å². The van der Waals surface area contributed by atoms with Crippen LogP contribution in [0.2, 0.25) is 0 Å². The normalized spacial score (nSPS) is 10.0. The summed E-state index contributed by atoms with van der Waals surface area (Å²) in [7, 11) is 4.73. The van der Waals surface area contributed by atoms with E-state index in [1.54, 1.807) is 14.2 Å². The van der Waals surface area contributed by atoms with Crippen molar-refractivity contribution in [2.75, 3.05) is 32.4 Å². The van der Waals surface area contributed by atoms with Crippen molar-refractivity contribution in [3.63, 3.8) is 0 Å². The first-order chi connectivity index (χ1) is 10.2. The van der Waals surface area contributed by atoms with E-state index in [2.05, 4.69) is 15.3 Å². The van der Waals surface area contributed by atoms with Gasteiger partial charge in [0.15, 0.2) is 23.1 Å². The largest absolute Gasteiger partial charge is 0.493 e. The van der Waals surface area contributed by atoms with Crippen LogP contribution in [-0.2, 0) is 6.54 Å². The number of nitrogens with one attached hydrogen (secondary N) is 1. The molecule has 0 saturated heterocycles. The molecule has 0 unspecified atom stereocenters. The number of aromatic nitrogens is 2. The van der Waals surface area contributed by atoms with E-state index in [-0.39, 0.29) is 0 Å². The number of nitrogens with two attached hydrogens (primary N) is 1. The van der Waals surface area contributed by atoms with Crippen LogP contribution in [0.3, 0.4) is 0 Å². The molecule has 1 aromatic carbocycles. The SMILES string of the molecule is COc1ccc(CNc2ncnc(N)c2OC)cc1OC. The van der Waals surface area contributed by atoms with E-state index in [1.807, 2.05) is 18.2 Å². The van der Waals surface area contributed by atoms with Crippen molar-refractivity contribution < 1.29 is 14.2 Å². The maximum atomic E-state index is 5.73. The summed E-state index contributed by atoms with van der Waals surface area (Å²) >= 11 is 0. The minimum Gasteiger partial charge on any atom is -0.493 e. The zero-order chi connectivity index (χ0) is 15.2. The van der Waals surface area contributed by atoms with Gasteiger partial charge < -0.3 is 25.3 Å². The Labute approximate surface area is 123 Å². The summed E-state index contributed by atoms with van der Waals surface area (Å²) < 4.78 is 15.7. The van der Waals surface area contributed by atoms with Gasteiger partial charge in [-0.1, -0.05) is 6.07 Å². The van der Waals surface area contributed by atoms with Gasteiger partial charge in [0.1, 0.15) is 6.33 Å². The standard InChI is InChI=1S/C14H18N4O3/c1-19-10-5-4-9(6-11(10)20-2)7-16-14-12(21-3)13(15)17-8-18-14/h4-6,8H,7H2,1-3H3,(H3,15,16,17,18). The van der Waals surface area contributed by atoms with E-state index in [4.69, 9.17) is 19.9 Å². The number of rotatable bonds is 6. The molecule has 0 amide bonds. The Morgan fingerprint density at radius 1 is 1.05 bits per heavy atom. The quantitative estimate of drug-likeness (QED) is 0.836. The first-order valence-corrected chi connectivity index (χ1v) is 6.28. The number of nitrogens with zero attached hydrogens (tertiary/aromatic N) is 2. The lowest BCUT2D eigenvalue weighted by Crippen LogP contribution is -2.06. The number of nitrogen functional groups attached to an aromatic ring is 1. The molecule has 7 nitrogen and oxygen atoms in total. The third-order valence-corrected chi connectivity index (χ3v) is 2.94. The highest BCUT2D eigenvalue weighted by atomic mass is 16.5. The molecule has 21 heavy (non-hydrogen) atoms. The molecule has 0 aliphatic heterocycles. The van der Waals surface area contributed by atoms with Crippen molar-refractivity contribution in [3.05, 3.63) is 30.1 Å². The van der Waals surface area contributed by atoms with Gasteiger partial charge in [0, 0.05) is 6.54 Å². The van der Waals surface area contributed by atoms with Crippen molar-refractivity contribution in [3.8, 4) is 17.2 Å². The molecule has 0 bridgehead atoms. The summed E-state index contributed by atoms with van der Waals surface area (Å²) in [4.78, 5) is 8.00. The fourth-order valence-corrected chi connectivity index (χ4v) is 1.89. The van der Waals surface area contributed by atoms with Crippen LogP contribution in [0.4, 0.5) is 11.6 Å². The van der Waals surface area contributed by atoms with Gasteiger partial charge in [-0.3, -0.25) is 0 Å². The highest BCUT2D eigenvalue weighted by molar-refractivity contribution is 5.61.